The van der Waals surface area contributed by atoms with Crippen LogP contribution in [0.2, 0.25) is 0 Å². The third-order valence-electron chi connectivity index (χ3n) is 1.36. The standard InChI is InChI=1S/C8H10P/c1-2-7-3-5-8(9)6-4-7/h3-6,9H,2H2,1H3. The lowest BCUT2D eigenvalue weighted by molar-refractivity contribution is 1.14. The summed E-state index contributed by atoms with van der Waals surface area (Å²) >= 11 is 0. The van der Waals surface area contributed by atoms with Crippen molar-refractivity contribution in [1.29, 1.82) is 0 Å². The highest BCUT2D eigenvalue weighted by molar-refractivity contribution is 7.27. The third kappa shape index (κ3) is 1.80. The van der Waals surface area contributed by atoms with Crippen molar-refractivity contribution in [3.8, 4) is 0 Å². The van der Waals surface area contributed by atoms with E-state index in [9.17, 15) is 0 Å². The van der Waals surface area contributed by atoms with E-state index in [2.05, 4.69) is 40.4 Å². The normalized spacial score (nSPS) is 9.56. The average molecular weight is 137 g/mol. The van der Waals surface area contributed by atoms with Gasteiger partial charge in [0.15, 0.2) is 0 Å². The molecule has 0 heterocycles. The molecule has 1 radical (unpaired) electrons. The summed E-state index contributed by atoms with van der Waals surface area (Å²) in [7, 11) is 3.42. The monoisotopic (exact) mass is 137 g/mol. The van der Waals surface area contributed by atoms with Gasteiger partial charge < -0.3 is 0 Å². The predicted molar refractivity (Wildman–Crippen MR) is 43.8 cm³/mol. The molecule has 0 saturated carbocycles. The molecule has 9 heavy (non-hydrogen) atoms. The van der Waals surface area contributed by atoms with Gasteiger partial charge in [-0.05, 0) is 17.3 Å². The van der Waals surface area contributed by atoms with Crippen LogP contribution in [0.15, 0.2) is 24.3 Å². The highest BCUT2D eigenvalue weighted by Crippen LogP contribution is 1.98. The molecule has 0 nitrogen and oxygen atoms in total. The third-order valence-corrected chi connectivity index (χ3v) is 1.70. The van der Waals surface area contributed by atoms with Crippen LogP contribution in [0.1, 0.15) is 12.5 Å². The molecule has 1 aromatic rings. The second-order valence-corrected chi connectivity index (χ2v) is 2.63. The Morgan fingerprint density at radius 2 is 1.78 bits per heavy atom. The van der Waals surface area contributed by atoms with E-state index in [-0.39, 0.29) is 0 Å². The molecule has 0 aromatic heterocycles. The van der Waals surface area contributed by atoms with Crippen molar-refractivity contribution in [1.82, 2.24) is 0 Å². The topological polar surface area (TPSA) is 0 Å². The first-order valence-electron chi connectivity index (χ1n) is 3.13. The second-order valence-electron chi connectivity index (χ2n) is 2.05. The van der Waals surface area contributed by atoms with Crippen LogP contribution in [0.3, 0.4) is 0 Å². The molecule has 1 aromatic carbocycles. The van der Waals surface area contributed by atoms with Gasteiger partial charge in [0.1, 0.15) is 0 Å². The number of benzene rings is 1. The van der Waals surface area contributed by atoms with Crippen molar-refractivity contribution >= 4 is 14.5 Å². The molecule has 0 N–H and O–H groups in total. The summed E-state index contributed by atoms with van der Waals surface area (Å²) in [6, 6.07) is 8.39. The van der Waals surface area contributed by atoms with E-state index < -0.39 is 0 Å². The van der Waals surface area contributed by atoms with Crippen molar-refractivity contribution in [3.05, 3.63) is 29.8 Å². The van der Waals surface area contributed by atoms with Crippen molar-refractivity contribution < 1.29 is 0 Å². The lowest BCUT2D eigenvalue weighted by Crippen LogP contribution is -1.88. The Morgan fingerprint density at radius 1 is 1.22 bits per heavy atom. The Bertz CT molecular complexity index is 176. The number of rotatable bonds is 1. The molecule has 0 aliphatic carbocycles. The van der Waals surface area contributed by atoms with Gasteiger partial charge in [0, 0.05) is 0 Å². The Balaban J connectivity index is 2.88. The van der Waals surface area contributed by atoms with E-state index in [0.717, 1.165) is 11.7 Å². The summed E-state index contributed by atoms with van der Waals surface area (Å²) < 4.78 is 0. The zero-order valence-corrected chi connectivity index (χ0v) is 6.52. The van der Waals surface area contributed by atoms with Crippen LogP contribution in [0, 0.1) is 0 Å². The Morgan fingerprint density at radius 3 is 2.22 bits per heavy atom. The fourth-order valence-electron chi connectivity index (χ4n) is 0.740. The van der Waals surface area contributed by atoms with E-state index in [1.807, 2.05) is 0 Å². The van der Waals surface area contributed by atoms with Gasteiger partial charge in [-0.1, -0.05) is 40.4 Å². The van der Waals surface area contributed by atoms with Gasteiger partial charge in [-0.2, -0.15) is 0 Å². The minimum Gasteiger partial charge on any atom is -0.0634 e. The van der Waals surface area contributed by atoms with Gasteiger partial charge in [-0.25, -0.2) is 0 Å². The molecule has 0 spiro atoms. The maximum atomic E-state index is 3.42. The molecular weight excluding hydrogens is 127 g/mol. The predicted octanol–water partition coefficient (Wildman–Crippen LogP) is 2.02. The molecule has 0 atom stereocenters. The smallest absolute Gasteiger partial charge is 0.0227 e. The molecule has 1 rings (SSSR count). The first-order valence-corrected chi connectivity index (χ1v) is 3.63. The zero-order chi connectivity index (χ0) is 6.69. The number of hydrogen-bond acceptors (Lipinski definition) is 0. The van der Waals surface area contributed by atoms with E-state index in [4.69, 9.17) is 0 Å². The molecule has 0 saturated heterocycles. The summed E-state index contributed by atoms with van der Waals surface area (Å²) in [6.07, 6.45) is 1.12. The fourth-order valence-corrected chi connectivity index (χ4v) is 0.907. The fraction of sp³-hybridized carbons (Fsp3) is 0.250. The van der Waals surface area contributed by atoms with Crippen LogP contribution in [0.5, 0.6) is 0 Å². The molecule has 0 unspecified atom stereocenters. The maximum absolute atomic E-state index is 3.42. The van der Waals surface area contributed by atoms with Crippen LogP contribution in [0.4, 0.5) is 0 Å². The van der Waals surface area contributed by atoms with Crippen LogP contribution in [0.25, 0.3) is 0 Å². The van der Waals surface area contributed by atoms with Gasteiger partial charge in [-0.3, -0.25) is 0 Å². The van der Waals surface area contributed by atoms with Crippen molar-refractivity contribution in [3.63, 3.8) is 0 Å². The molecular formula is C8H10P. The first kappa shape index (κ1) is 6.77. The minimum atomic E-state index is 1.12. The van der Waals surface area contributed by atoms with E-state index in [1.54, 1.807) is 0 Å². The van der Waals surface area contributed by atoms with E-state index in [0.29, 0.717) is 0 Å². The molecule has 0 aliphatic rings. The average Bonchev–Trinajstić information content (AvgIpc) is 1.90. The number of aryl methyl sites for hydroxylation is 1. The van der Waals surface area contributed by atoms with Gasteiger partial charge in [0.25, 0.3) is 0 Å². The summed E-state index contributed by atoms with van der Waals surface area (Å²) in [5.74, 6) is 0. The first-order chi connectivity index (χ1) is 4.33. The highest BCUT2D eigenvalue weighted by atomic mass is 31.0. The van der Waals surface area contributed by atoms with Gasteiger partial charge in [0.2, 0.25) is 0 Å². The van der Waals surface area contributed by atoms with Crippen molar-refractivity contribution in [2.75, 3.05) is 0 Å². The Hall–Kier alpha value is -0.350. The second kappa shape index (κ2) is 2.98. The van der Waals surface area contributed by atoms with E-state index >= 15 is 0 Å². The molecule has 0 bridgehead atoms. The lowest BCUT2D eigenvalue weighted by atomic mass is 10.2. The zero-order valence-electron chi connectivity index (χ0n) is 5.52. The molecule has 0 fully saturated rings. The van der Waals surface area contributed by atoms with Gasteiger partial charge in [0.05, 0.1) is 0 Å². The maximum Gasteiger partial charge on any atom is -0.0227 e. The van der Waals surface area contributed by atoms with Crippen molar-refractivity contribution in [2.24, 2.45) is 0 Å². The molecule has 0 aliphatic heterocycles. The quantitative estimate of drug-likeness (QED) is 0.519. The molecule has 47 valence electrons. The Kier molecular flexibility index (Phi) is 2.24. The van der Waals surface area contributed by atoms with Crippen LogP contribution in [-0.2, 0) is 6.42 Å². The minimum absolute atomic E-state index is 1.12. The molecule has 0 amide bonds. The van der Waals surface area contributed by atoms with Crippen LogP contribution < -0.4 is 5.30 Å². The molecule has 1 heteroatoms. The van der Waals surface area contributed by atoms with Crippen LogP contribution >= 0.6 is 9.24 Å². The SMILES string of the molecule is CCc1ccc([PH])cc1. The van der Waals surface area contributed by atoms with Gasteiger partial charge in [-0.15, -0.1) is 0 Å². The lowest BCUT2D eigenvalue weighted by Gasteiger charge is -1.94. The highest BCUT2D eigenvalue weighted by Gasteiger charge is 1.85. The summed E-state index contributed by atoms with van der Waals surface area (Å²) in [6.45, 7) is 2.16. The van der Waals surface area contributed by atoms with E-state index in [1.165, 1.54) is 5.56 Å². The summed E-state index contributed by atoms with van der Waals surface area (Å²) in [4.78, 5) is 0. The largest absolute Gasteiger partial charge is 0.0634 e. The number of hydrogen-bond donors (Lipinski definition) is 0. The van der Waals surface area contributed by atoms with Crippen LogP contribution in [-0.4, -0.2) is 0 Å². The van der Waals surface area contributed by atoms with Gasteiger partial charge >= 0.3 is 0 Å². The van der Waals surface area contributed by atoms with Crippen molar-refractivity contribution in [2.45, 2.75) is 13.3 Å². The summed E-state index contributed by atoms with van der Waals surface area (Å²) in [5, 5.41) is 1.15. The Labute approximate surface area is 58.5 Å². The summed E-state index contributed by atoms with van der Waals surface area (Å²) in [5.41, 5.74) is 1.39.